The first-order valence-electron chi connectivity index (χ1n) is 11.3. The van der Waals surface area contributed by atoms with Crippen LogP contribution in [-0.2, 0) is 16.1 Å². The Kier molecular flexibility index (Phi) is 5.92. The van der Waals surface area contributed by atoms with E-state index in [0.717, 1.165) is 74.5 Å². The van der Waals surface area contributed by atoms with Crippen molar-refractivity contribution in [1.29, 1.82) is 0 Å². The molecule has 0 radical (unpaired) electrons. The van der Waals surface area contributed by atoms with E-state index in [0.29, 0.717) is 5.56 Å². The van der Waals surface area contributed by atoms with Crippen molar-refractivity contribution in [3.63, 3.8) is 0 Å². The molecule has 0 spiro atoms. The fourth-order valence-corrected chi connectivity index (χ4v) is 4.04. The average Bonchev–Trinajstić information content (AvgIpc) is 3.60. The van der Waals surface area contributed by atoms with Gasteiger partial charge in [-0.1, -0.05) is 0 Å². The zero-order chi connectivity index (χ0) is 21.9. The van der Waals surface area contributed by atoms with Crippen molar-refractivity contribution in [2.75, 3.05) is 43.5 Å². The fourth-order valence-electron chi connectivity index (χ4n) is 4.04. The first-order chi connectivity index (χ1) is 15.7. The van der Waals surface area contributed by atoms with Gasteiger partial charge < -0.3 is 19.9 Å². The summed E-state index contributed by atoms with van der Waals surface area (Å²) in [4.78, 5) is 27.0. The first kappa shape index (κ1) is 20.7. The van der Waals surface area contributed by atoms with Gasteiger partial charge in [0.15, 0.2) is 0 Å². The SMILES string of the molecule is O=C(Nc1ccc2c(ccn2CCN2CCOCC2)c1)c1ccc(NC(=O)C2CC2)cc1. The largest absolute Gasteiger partial charge is 0.379 e. The average molecular weight is 433 g/mol. The highest BCUT2D eigenvalue weighted by atomic mass is 16.5. The second kappa shape index (κ2) is 9.14. The predicted octanol–water partition coefficient (Wildman–Crippen LogP) is 3.57. The fraction of sp³-hybridized carbons (Fsp3) is 0.360. The number of carbonyl (C=O) groups is 2. The Bertz CT molecular complexity index is 1110. The van der Waals surface area contributed by atoms with Crippen LogP contribution >= 0.6 is 0 Å². The van der Waals surface area contributed by atoms with Crippen molar-refractivity contribution in [3.05, 3.63) is 60.3 Å². The van der Waals surface area contributed by atoms with Gasteiger partial charge in [-0.2, -0.15) is 0 Å². The van der Waals surface area contributed by atoms with E-state index in [1.807, 2.05) is 12.1 Å². The second-order valence-corrected chi connectivity index (χ2v) is 8.53. The van der Waals surface area contributed by atoms with Gasteiger partial charge in [-0.05, 0) is 61.4 Å². The molecule has 7 heteroatoms. The lowest BCUT2D eigenvalue weighted by Crippen LogP contribution is -2.38. The molecule has 5 rings (SSSR count). The van der Waals surface area contributed by atoms with Crippen LogP contribution < -0.4 is 10.6 Å². The first-order valence-corrected chi connectivity index (χ1v) is 11.3. The molecule has 1 aliphatic carbocycles. The molecule has 166 valence electrons. The summed E-state index contributed by atoms with van der Waals surface area (Å²) in [6.45, 7) is 5.54. The molecule has 0 atom stereocenters. The maximum absolute atomic E-state index is 12.7. The summed E-state index contributed by atoms with van der Waals surface area (Å²) in [5.74, 6) is 0.0469. The van der Waals surface area contributed by atoms with Gasteiger partial charge in [-0.3, -0.25) is 14.5 Å². The number of nitrogens with zero attached hydrogens (tertiary/aromatic N) is 2. The number of fused-ring (bicyclic) bond motifs is 1. The minimum absolute atomic E-state index is 0.0624. The topological polar surface area (TPSA) is 75.6 Å². The van der Waals surface area contributed by atoms with E-state index in [1.165, 1.54) is 0 Å². The Morgan fingerprint density at radius 3 is 2.41 bits per heavy atom. The molecule has 1 saturated carbocycles. The molecule has 0 bridgehead atoms. The molecule has 1 aromatic heterocycles. The quantitative estimate of drug-likeness (QED) is 0.599. The molecule has 2 N–H and O–H groups in total. The molecule has 0 unspecified atom stereocenters. The van der Waals surface area contributed by atoms with Crippen LogP contribution in [0.1, 0.15) is 23.2 Å². The molecule has 2 aliphatic rings. The number of nitrogens with one attached hydrogen (secondary N) is 2. The van der Waals surface area contributed by atoms with E-state index in [2.05, 4.69) is 38.4 Å². The Morgan fingerprint density at radius 1 is 0.906 bits per heavy atom. The number of benzene rings is 2. The molecule has 7 nitrogen and oxygen atoms in total. The van der Waals surface area contributed by atoms with Gasteiger partial charge >= 0.3 is 0 Å². The maximum atomic E-state index is 12.7. The van der Waals surface area contributed by atoms with E-state index in [4.69, 9.17) is 4.74 Å². The summed E-state index contributed by atoms with van der Waals surface area (Å²) in [6, 6.07) is 15.1. The smallest absolute Gasteiger partial charge is 0.255 e. The number of anilines is 2. The number of aromatic nitrogens is 1. The van der Waals surface area contributed by atoms with Crippen LogP contribution in [-0.4, -0.2) is 54.1 Å². The molecule has 2 heterocycles. The maximum Gasteiger partial charge on any atom is 0.255 e. The Balaban J connectivity index is 1.20. The van der Waals surface area contributed by atoms with Gasteiger partial charge in [0.25, 0.3) is 5.91 Å². The summed E-state index contributed by atoms with van der Waals surface area (Å²) < 4.78 is 7.67. The monoisotopic (exact) mass is 432 g/mol. The van der Waals surface area contributed by atoms with Gasteiger partial charge in [0.2, 0.25) is 5.91 Å². The highest BCUT2D eigenvalue weighted by Crippen LogP contribution is 2.30. The minimum atomic E-state index is -0.170. The zero-order valence-corrected chi connectivity index (χ0v) is 18.0. The molecule has 1 aliphatic heterocycles. The lowest BCUT2D eigenvalue weighted by Gasteiger charge is -2.26. The highest BCUT2D eigenvalue weighted by Gasteiger charge is 2.29. The van der Waals surface area contributed by atoms with Crippen molar-refractivity contribution >= 4 is 34.1 Å². The molecular formula is C25H28N4O3. The number of hydrogen-bond acceptors (Lipinski definition) is 4. The Labute approximate surface area is 187 Å². The van der Waals surface area contributed by atoms with Crippen molar-refractivity contribution in [1.82, 2.24) is 9.47 Å². The summed E-state index contributed by atoms with van der Waals surface area (Å²) in [7, 11) is 0. The number of hydrogen-bond donors (Lipinski definition) is 2. The molecule has 1 saturated heterocycles. The third-order valence-corrected chi connectivity index (χ3v) is 6.15. The standard InChI is InChI=1S/C25H28N4O3/c30-24(18-1-2-18)26-21-5-3-19(4-6-21)25(31)27-22-7-8-23-20(17-22)9-10-29(23)12-11-28-13-15-32-16-14-28/h3-10,17-18H,1-2,11-16H2,(H,26,30)(H,27,31). The predicted molar refractivity (Wildman–Crippen MR) is 125 cm³/mol. The van der Waals surface area contributed by atoms with Gasteiger partial charge in [0, 0.05) is 66.1 Å². The summed E-state index contributed by atoms with van der Waals surface area (Å²) >= 11 is 0. The van der Waals surface area contributed by atoms with Gasteiger partial charge in [0.1, 0.15) is 0 Å². The Hall–Kier alpha value is -3.16. The van der Waals surface area contributed by atoms with Crippen molar-refractivity contribution in [2.24, 2.45) is 5.92 Å². The number of ether oxygens (including phenoxy) is 1. The number of rotatable bonds is 7. The van der Waals surface area contributed by atoms with Crippen LogP contribution in [0.15, 0.2) is 54.7 Å². The Morgan fingerprint density at radius 2 is 1.66 bits per heavy atom. The van der Waals surface area contributed by atoms with E-state index < -0.39 is 0 Å². The lowest BCUT2D eigenvalue weighted by atomic mass is 10.1. The lowest BCUT2D eigenvalue weighted by molar-refractivity contribution is -0.117. The molecule has 2 aromatic carbocycles. The summed E-state index contributed by atoms with van der Waals surface area (Å²) in [6.07, 6.45) is 4.03. The van der Waals surface area contributed by atoms with Gasteiger partial charge in [-0.15, -0.1) is 0 Å². The van der Waals surface area contributed by atoms with E-state index >= 15 is 0 Å². The summed E-state index contributed by atoms with van der Waals surface area (Å²) in [5, 5.41) is 6.97. The van der Waals surface area contributed by atoms with E-state index in [-0.39, 0.29) is 17.7 Å². The van der Waals surface area contributed by atoms with Gasteiger partial charge in [-0.25, -0.2) is 0 Å². The van der Waals surface area contributed by atoms with Gasteiger partial charge in [0.05, 0.1) is 13.2 Å². The number of morpholine rings is 1. The van der Waals surface area contributed by atoms with Crippen LogP contribution in [0.25, 0.3) is 10.9 Å². The van der Waals surface area contributed by atoms with Crippen LogP contribution in [0.2, 0.25) is 0 Å². The molecule has 2 fully saturated rings. The molecule has 3 aromatic rings. The third-order valence-electron chi connectivity index (χ3n) is 6.15. The number of amides is 2. The molecular weight excluding hydrogens is 404 g/mol. The molecule has 32 heavy (non-hydrogen) atoms. The van der Waals surface area contributed by atoms with E-state index in [9.17, 15) is 9.59 Å². The van der Waals surface area contributed by atoms with Crippen molar-refractivity contribution in [3.8, 4) is 0 Å². The normalized spacial score (nSPS) is 16.8. The second-order valence-electron chi connectivity index (χ2n) is 8.53. The van der Waals surface area contributed by atoms with Crippen LogP contribution in [0, 0.1) is 5.92 Å². The minimum Gasteiger partial charge on any atom is -0.379 e. The number of carbonyl (C=O) groups excluding carboxylic acids is 2. The van der Waals surface area contributed by atoms with E-state index in [1.54, 1.807) is 24.3 Å². The van der Waals surface area contributed by atoms with Crippen molar-refractivity contribution in [2.45, 2.75) is 19.4 Å². The zero-order valence-electron chi connectivity index (χ0n) is 18.0. The molecule has 2 amide bonds. The third kappa shape index (κ3) is 4.84. The van der Waals surface area contributed by atoms with Crippen LogP contribution in [0.4, 0.5) is 11.4 Å². The van der Waals surface area contributed by atoms with Crippen LogP contribution in [0.5, 0.6) is 0 Å². The highest BCUT2D eigenvalue weighted by molar-refractivity contribution is 6.05. The van der Waals surface area contributed by atoms with Crippen molar-refractivity contribution < 1.29 is 14.3 Å². The summed E-state index contributed by atoms with van der Waals surface area (Å²) in [5.41, 5.74) is 3.20. The van der Waals surface area contributed by atoms with Crippen LogP contribution in [0.3, 0.4) is 0 Å².